The Bertz CT molecular complexity index is 1970. The van der Waals surface area contributed by atoms with Gasteiger partial charge in [0.2, 0.25) is 0 Å². The first-order chi connectivity index (χ1) is 18.4. The summed E-state index contributed by atoms with van der Waals surface area (Å²) < 4.78 is 106. The number of methoxy groups -OCH3 is 1. The third-order valence-electron chi connectivity index (χ3n) is 6.01. The molecule has 0 aromatic heterocycles. The molecule has 18 heteroatoms. The SMILES string of the molecule is COc1ccc(Nc2cc(S(=O)(=O)O)c(N)c3c2C(=O)c2ccc(S(=O)(=O)O)cc2C3=O)c(S(=O)(=O)O)c1CN. The van der Waals surface area contributed by atoms with Crippen molar-refractivity contribution in [2.24, 2.45) is 5.73 Å². The van der Waals surface area contributed by atoms with Crippen LogP contribution in [0.25, 0.3) is 0 Å². The van der Waals surface area contributed by atoms with Gasteiger partial charge >= 0.3 is 0 Å². The lowest BCUT2D eigenvalue weighted by Gasteiger charge is -2.24. The number of ether oxygens (including phenoxy) is 1. The van der Waals surface area contributed by atoms with Crippen molar-refractivity contribution >= 4 is 59.0 Å². The van der Waals surface area contributed by atoms with Crippen LogP contribution in [-0.2, 0) is 36.9 Å². The van der Waals surface area contributed by atoms with Crippen molar-refractivity contribution in [3.8, 4) is 5.75 Å². The summed E-state index contributed by atoms with van der Waals surface area (Å²) in [5.41, 5.74) is 7.31. The number of carbonyl (C=O) groups excluding carboxylic acids is 2. The molecular formula is C22H19N3O12S3. The highest BCUT2D eigenvalue weighted by molar-refractivity contribution is 7.86. The van der Waals surface area contributed by atoms with Crippen LogP contribution in [0.1, 0.15) is 37.4 Å². The maximum atomic E-state index is 13.6. The van der Waals surface area contributed by atoms with Crippen LogP contribution >= 0.6 is 0 Å². The molecule has 0 saturated carbocycles. The topological polar surface area (TPSA) is 271 Å². The molecule has 0 radical (unpaired) electrons. The fraction of sp³-hybridized carbons (Fsp3) is 0.0909. The van der Waals surface area contributed by atoms with E-state index in [-0.39, 0.29) is 16.9 Å². The maximum absolute atomic E-state index is 13.6. The molecule has 15 nitrogen and oxygen atoms in total. The lowest BCUT2D eigenvalue weighted by atomic mass is 9.82. The minimum Gasteiger partial charge on any atom is -0.496 e. The number of nitrogens with two attached hydrogens (primary N) is 2. The Balaban J connectivity index is 2.08. The fourth-order valence-electron chi connectivity index (χ4n) is 4.33. The largest absolute Gasteiger partial charge is 0.496 e. The molecule has 1 aliphatic carbocycles. The van der Waals surface area contributed by atoms with Crippen LogP contribution < -0.4 is 21.5 Å². The van der Waals surface area contributed by atoms with Crippen molar-refractivity contribution in [2.45, 2.75) is 21.2 Å². The van der Waals surface area contributed by atoms with E-state index in [1.807, 2.05) is 0 Å². The smallest absolute Gasteiger partial charge is 0.297 e. The molecule has 0 amide bonds. The number of fused-ring (bicyclic) bond motifs is 2. The van der Waals surface area contributed by atoms with Gasteiger partial charge < -0.3 is 21.5 Å². The predicted octanol–water partition coefficient (Wildman–Crippen LogP) is 0.995. The predicted molar refractivity (Wildman–Crippen MR) is 138 cm³/mol. The molecule has 0 fully saturated rings. The van der Waals surface area contributed by atoms with Gasteiger partial charge in [0, 0.05) is 23.2 Å². The molecule has 3 aromatic carbocycles. The van der Waals surface area contributed by atoms with Gasteiger partial charge in [-0.05, 0) is 36.4 Å². The number of rotatable bonds is 7. The van der Waals surface area contributed by atoms with E-state index in [0.717, 1.165) is 18.2 Å². The highest BCUT2D eigenvalue weighted by Gasteiger charge is 2.38. The van der Waals surface area contributed by atoms with Crippen molar-refractivity contribution in [1.82, 2.24) is 0 Å². The van der Waals surface area contributed by atoms with E-state index in [4.69, 9.17) is 16.2 Å². The zero-order chi connectivity index (χ0) is 29.9. The Morgan fingerprint density at radius 1 is 0.800 bits per heavy atom. The van der Waals surface area contributed by atoms with Gasteiger partial charge in [-0.2, -0.15) is 25.3 Å². The van der Waals surface area contributed by atoms with E-state index in [1.165, 1.54) is 13.2 Å². The van der Waals surface area contributed by atoms with Gasteiger partial charge in [-0.15, -0.1) is 0 Å². The highest BCUT2D eigenvalue weighted by atomic mass is 32.2. The molecule has 1 aliphatic rings. The van der Waals surface area contributed by atoms with Crippen LogP contribution in [0.2, 0.25) is 0 Å². The van der Waals surface area contributed by atoms with Crippen LogP contribution in [0.3, 0.4) is 0 Å². The zero-order valence-corrected chi connectivity index (χ0v) is 22.5. The Morgan fingerprint density at radius 2 is 1.43 bits per heavy atom. The first-order valence-corrected chi connectivity index (χ1v) is 15.0. The maximum Gasteiger partial charge on any atom is 0.297 e. The molecule has 0 spiro atoms. The number of benzene rings is 3. The molecule has 3 aromatic rings. The Kier molecular flexibility index (Phi) is 7.00. The Labute approximate surface area is 227 Å². The van der Waals surface area contributed by atoms with E-state index in [2.05, 4.69) is 5.32 Å². The van der Waals surface area contributed by atoms with Crippen molar-refractivity contribution < 1.29 is 53.2 Å². The molecule has 0 saturated heterocycles. The summed E-state index contributed by atoms with van der Waals surface area (Å²) in [5, 5.41) is 2.50. The number of hydrogen-bond acceptors (Lipinski definition) is 12. The summed E-state index contributed by atoms with van der Waals surface area (Å²) in [6, 6.07) is 5.49. The number of carbonyl (C=O) groups is 2. The van der Waals surface area contributed by atoms with Gasteiger partial charge in [0.25, 0.3) is 30.4 Å². The molecule has 0 aliphatic heterocycles. The molecular weight excluding hydrogens is 594 g/mol. The summed E-state index contributed by atoms with van der Waals surface area (Å²) in [6.07, 6.45) is 0. The molecule has 4 rings (SSSR count). The minimum atomic E-state index is -5.17. The molecule has 0 heterocycles. The van der Waals surface area contributed by atoms with Crippen LogP contribution in [0.4, 0.5) is 17.1 Å². The molecule has 0 unspecified atom stereocenters. The van der Waals surface area contributed by atoms with Gasteiger partial charge in [0.15, 0.2) is 11.6 Å². The summed E-state index contributed by atoms with van der Waals surface area (Å²) in [4.78, 5) is 24.4. The quantitative estimate of drug-likeness (QED) is 0.125. The molecule has 0 bridgehead atoms. The number of nitrogens with one attached hydrogen (secondary N) is 1. The van der Waals surface area contributed by atoms with E-state index < -0.39 is 96.9 Å². The van der Waals surface area contributed by atoms with Crippen LogP contribution in [0, 0.1) is 0 Å². The van der Waals surface area contributed by atoms with E-state index in [0.29, 0.717) is 12.1 Å². The van der Waals surface area contributed by atoms with E-state index in [9.17, 15) is 48.5 Å². The monoisotopic (exact) mass is 613 g/mol. The number of hydrogen-bond donors (Lipinski definition) is 6. The van der Waals surface area contributed by atoms with Gasteiger partial charge in [0.1, 0.15) is 15.5 Å². The Morgan fingerprint density at radius 3 is 1.95 bits per heavy atom. The van der Waals surface area contributed by atoms with E-state index in [1.54, 1.807) is 0 Å². The second-order valence-corrected chi connectivity index (χ2v) is 12.5. The van der Waals surface area contributed by atoms with Gasteiger partial charge in [-0.1, -0.05) is 0 Å². The summed E-state index contributed by atoms with van der Waals surface area (Å²) in [7, 11) is -13.8. The zero-order valence-electron chi connectivity index (χ0n) is 20.1. The third kappa shape index (κ3) is 4.81. The van der Waals surface area contributed by atoms with Gasteiger partial charge in [-0.3, -0.25) is 23.2 Å². The summed E-state index contributed by atoms with van der Waals surface area (Å²) >= 11 is 0. The standard InChI is InChI=1S/C22H19N3O12S3/c1-37-15-5-4-13(22(12(15)8-23)40(34,35)36)25-14-7-16(39(31,32)33)19(24)18-17(14)20(26)10-3-2-9(38(28,29)30)6-11(10)21(18)27/h2-7,25H,8,23-24H2,1H3,(H,28,29,30)(H,31,32,33)(H,34,35,36). The second kappa shape index (κ2) is 9.63. The molecule has 0 atom stereocenters. The molecule has 8 N–H and O–H groups in total. The second-order valence-electron chi connectivity index (χ2n) is 8.33. The molecule has 212 valence electrons. The van der Waals surface area contributed by atoms with Crippen molar-refractivity contribution in [1.29, 1.82) is 0 Å². The summed E-state index contributed by atoms with van der Waals surface area (Å²) in [5.74, 6) is -2.16. The van der Waals surface area contributed by atoms with E-state index >= 15 is 0 Å². The first kappa shape index (κ1) is 29.1. The lowest BCUT2D eigenvalue weighted by Crippen LogP contribution is -2.25. The first-order valence-electron chi connectivity index (χ1n) is 10.7. The van der Waals surface area contributed by atoms with Crippen molar-refractivity contribution in [3.05, 3.63) is 64.2 Å². The van der Waals surface area contributed by atoms with Crippen molar-refractivity contribution in [3.63, 3.8) is 0 Å². The van der Waals surface area contributed by atoms with Crippen LogP contribution in [0.15, 0.2) is 51.1 Å². The van der Waals surface area contributed by atoms with Crippen molar-refractivity contribution in [2.75, 3.05) is 18.2 Å². The van der Waals surface area contributed by atoms with Gasteiger partial charge in [0.05, 0.1) is 40.2 Å². The number of ketones is 2. The molecule has 40 heavy (non-hydrogen) atoms. The third-order valence-corrected chi connectivity index (χ3v) is 8.73. The average Bonchev–Trinajstić information content (AvgIpc) is 2.85. The number of nitrogen functional groups attached to an aromatic ring is 1. The average molecular weight is 614 g/mol. The van der Waals surface area contributed by atoms with Crippen LogP contribution in [-0.4, -0.2) is 57.6 Å². The lowest BCUT2D eigenvalue weighted by molar-refractivity contribution is 0.0980. The normalized spacial score (nSPS) is 13.5. The summed E-state index contributed by atoms with van der Waals surface area (Å²) in [6.45, 7) is -0.454. The van der Waals surface area contributed by atoms with Gasteiger partial charge in [-0.25, -0.2) is 0 Å². The van der Waals surface area contributed by atoms with Crippen LogP contribution in [0.5, 0.6) is 5.75 Å². The highest BCUT2D eigenvalue weighted by Crippen LogP contribution is 2.42. The number of anilines is 3. The minimum absolute atomic E-state index is 0.0338. The Hall–Kier alpha value is -3.91. The fourth-order valence-corrected chi connectivity index (χ4v) is 6.37.